The Balaban J connectivity index is 1.30. The van der Waals surface area contributed by atoms with Gasteiger partial charge < -0.3 is 14.8 Å². The van der Waals surface area contributed by atoms with Gasteiger partial charge in [-0.25, -0.2) is 4.98 Å². The Hall–Kier alpha value is -2.77. The molecule has 3 aromatic rings. The summed E-state index contributed by atoms with van der Waals surface area (Å²) in [5.41, 5.74) is 2.97. The number of hydrogen-bond acceptors (Lipinski definition) is 5. The maximum Gasteiger partial charge on any atom is 0.220 e. The summed E-state index contributed by atoms with van der Waals surface area (Å²) in [7, 11) is 0. The topological polar surface area (TPSA) is 60.5 Å². The zero-order valence-corrected chi connectivity index (χ0v) is 15.9. The Morgan fingerprint density at radius 2 is 2.14 bits per heavy atom. The predicted molar refractivity (Wildman–Crippen MR) is 104 cm³/mol. The molecule has 1 aliphatic rings. The van der Waals surface area contributed by atoms with Crippen molar-refractivity contribution in [1.29, 1.82) is 0 Å². The van der Waals surface area contributed by atoms with E-state index < -0.39 is 5.95 Å². The van der Waals surface area contributed by atoms with Gasteiger partial charge in [0.15, 0.2) is 6.79 Å². The van der Waals surface area contributed by atoms with Crippen LogP contribution in [0.15, 0.2) is 48.7 Å². The van der Waals surface area contributed by atoms with Gasteiger partial charge in [-0.05, 0) is 42.3 Å². The third kappa shape index (κ3) is 4.37. The number of rotatable bonds is 6. The van der Waals surface area contributed by atoms with Gasteiger partial charge in [0.25, 0.3) is 0 Å². The average Bonchev–Trinajstić information content (AvgIpc) is 3.20. The van der Waals surface area contributed by atoms with Gasteiger partial charge in [-0.15, -0.1) is 11.3 Å². The van der Waals surface area contributed by atoms with Crippen LogP contribution in [0.4, 0.5) is 4.39 Å². The zero-order valence-electron chi connectivity index (χ0n) is 15.1. The van der Waals surface area contributed by atoms with E-state index in [1.807, 2.05) is 30.3 Å². The maximum absolute atomic E-state index is 12.9. The number of halogens is 1. The molecule has 144 valence electrons. The highest BCUT2D eigenvalue weighted by Gasteiger charge is 2.15. The van der Waals surface area contributed by atoms with Crippen molar-refractivity contribution in [1.82, 2.24) is 10.3 Å². The van der Waals surface area contributed by atoms with E-state index in [1.165, 1.54) is 12.3 Å². The first-order valence-corrected chi connectivity index (χ1v) is 9.79. The zero-order chi connectivity index (χ0) is 19.3. The minimum atomic E-state index is -0.495. The number of nitrogens with zero attached hydrogens (tertiary/aromatic N) is 1. The molecule has 4 rings (SSSR count). The first-order chi connectivity index (χ1) is 13.7. The smallest absolute Gasteiger partial charge is 0.220 e. The maximum atomic E-state index is 12.9. The molecular weight excluding hydrogens is 379 g/mol. The number of benzene rings is 1. The molecule has 0 spiro atoms. The van der Waals surface area contributed by atoms with Crippen LogP contribution < -0.4 is 10.1 Å². The highest BCUT2D eigenvalue weighted by atomic mass is 32.1. The molecule has 0 saturated carbocycles. The van der Waals surface area contributed by atoms with Crippen molar-refractivity contribution >= 4 is 17.2 Å². The number of amides is 1. The van der Waals surface area contributed by atoms with Gasteiger partial charge in [0.1, 0.15) is 5.75 Å². The second kappa shape index (κ2) is 8.50. The van der Waals surface area contributed by atoms with Crippen LogP contribution in [-0.2, 0) is 29.1 Å². The Kier molecular flexibility index (Phi) is 5.64. The fourth-order valence-electron chi connectivity index (χ4n) is 3.07. The standard InChI is InChI=1S/C21H19FN2O3S/c22-20-8-4-15(10-23-20)19-7-6-16(28-19)11-24-21(25)9-5-14-2-1-3-18-17(14)12-26-13-27-18/h1-4,6-8,10H,5,9,11-13H2,(H,24,25). The molecule has 0 atom stereocenters. The molecule has 1 amide bonds. The lowest BCUT2D eigenvalue weighted by Gasteiger charge is -2.20. The fraction of sp³-hybridized carbons (Fsp3) is 0.238. The molecule has 3 heterocycles. The normalized spacial score (nSPS) is 12.9. The van der Waals surface area contributed by atoms with Crippen LogP contribution in [0.25, 0.3) is 10.4 Å². The number of thiophene rings is 1. The summed E-state index contributed by atoms with van der Waals surface area (Å²) in [6.07, 6.45) is 2.55. The highest BCUT2D eigenvalue weighted by Crippen LogP contribution is 2.28. The second-order valence-electron chi connectivity index (χ2n) is 6.42. The molecule has 0 aliphatic carbocycles. The second-order valence-corrected chi connectivity index (χ2v) is 7.59. The number of nitrogens with one attached hydrogen (secondary N) is 1. The lowest BCUT2D eigenvalue weighted by molar-refractivity contribution is -0.121. The molecule has 2 aromatic heterocycles. The molecule has 7 heteroatoms. The third-order valence-electron chi connectivity index (χ3n) is 4.53. The molecule has 1 N–H and O–H groups in total. The number of aryl methyl sites for hydroxylation is 1. The van der Waals surface area contributed by atoms with Crippen molar-refractivity contribution in [2.24, 2.45) is 0 Å². The van der Waals surface area contributed by atoms with E-state index in [-0.39, 0.29) is 12.7 Å². The van der Waals surface area contributed by atoms with Crippen LogP contribution in [0.5, 0.6) is 5.75 Å². The number of carbonyl (C=O) groups is 1. The number of pyridine rings is 1. The van der Waals surface area contributed by atoms with Crippen LogP contribution in [0.1, 0.15) is 22.4 Å². The minimum absolute atomic E-state index is 0.00588. The number of fused-ring (bicyclic) bond motifs is 1. The van der Waals surface area contributed by atoms with Crippen molar-refractivity contribution in [3.8, 4) is 16.2 Å². The van der Waals surface area contributed by atoms with Gasteiger partial charge in [0, 0.05) is 33.5 Å². The summed E-state index contributed by atoms with van der Waals surface area (Å²) in [5, 5.41) is 2.96. The van der Waals surface area contributed by atoms with Crippen LogP contribution in [-0.4, -0.2) is 17.7 Å². The van der Waals surface area contributed by atoms with E-state index in [0.29, 0.717) is 26.0 Å². The van der Waals surface area contributed by atoms with E-state index in [9.17, 15) is 9.18 Å². The summed E-state index contributed by atoms with van der Waals surface area (Å²) in [6, 6.07) is 12.8. The molecule has 0 fully saturated rings. The number of aromatic nitrogens is 1. The molecule has 0 radical (unpaired) electrons. The molecule has 1 aromatic carbocycles. The van der Waals surface area contributed by atoms with E-state index >= 15 is 0 Å². The largest absolute Gasteiger partial charge is 0.467 e. The van der Waals surface area contributed by atoms with Gasteiger partial charge in [0.2, 0.25) is 11.9 Å². The van der Waals surface area contributed by atoms with Gasteiger partial charge in [-0.2, -0.15) is 4.39 Å². The number of carbonyl (C=O) groups excluding carboxylic acids is 1. The van der Waals surface area contributed by atoms with Crippen molar-refractivity contribution in [3.63, 3.8) is 0 Å². The summed E-state index contributed by atoms with van der Waals surface area (Å²) in [6.45, 7) is 1.26. The first kappa shape index (κ1) is 18.6. The Labute approximate surface area is 166 Å². The summed E-state index contributed by atoms with van der Waals surface area (Å²) < 4.78 is 23.8. The lowest BCUT2D eigenvalue weighted by Crippen LogP contribution is -2.23. The van der Waals surface area contributed by atoms with Crippen molar-refractivity contribution in [2.45, 2.75) is 26.0 Å². The molecule has 5 nitrogen and oxygen atoms in total. The molecule has 0 unspecified atom stereocenters. The minimum Gasteiger partial charge on any atom is -0.467 e. The SMILES string of the molecule is O=C(CCc1cccc2c1COCO2)NCc1ccc(-c2ccc(F)nc2)s1. The van der Waals surface area contributed by atoms with Crippen molar-refractivity contribution < 1.29 is 18.7 Å². The molecule has 1 aliphatic heterocycles. The molecular formula is C21H19FN2O3S. The number of ether oxygens (including phenoxy) is 2. The number of hydrogen-bond donors (Lipinski definition) is 1. The van der Waals surface area contributed by atoms with E-state index in [0.717, 1.165) is 32.2 Å². The summed E-state index contributed by atoms with van der Waals surface area (Å²) >= 11 is 1.56. The Bertz CT molecular complexity index is 972. The van der Waals surface area contributed by atoms with Crippen molar-refractivity contribution in [3.05, 3.63) is 70.6 Å². The average molecular weight is 398 g/mol. The van der Waals surface area contributed by atoms with Gasteiger partial charge in [-0.3, -0.25) is 4.79 Å². The Morgan fingerprint density at radius 1 is 1.21 bits per heavy atom. The van der Waals surface area contributed by atoms with Crippen LogP contribution in [0.3, 0.4) is 0 Å². The molecule has 0 saturated heterocycles. The van der Waals surface area contributed by atoms with E-state index in [1.54, 1.807) is 17.4 Å². The van der Waals surface area contributed by atoms with E-state index in [4.69, 9.17) is 9.47 Å². The van der Waals surface area contributed by atoms with Crippen LogP contribution >= 0.6 is 11.3 Å². The van der Waals surface area contributed by atoms with Gasteiger partial charge >= 0.3 is 0 Å². The summed E-state index contributed by atoms with van der Waals surface area (Å²) in [4.78, 5) is 18.0. The monoisotopic (exact) mass is 398 g/mol. The predicted octanol–water partition coefficient (Wildman–Crippen LogP) is 4.06. The van der Waals surface area contributed by atoms with Gasteiger partial charge in [-0.1, -0.05) is 12.1 Å². The van der Waals surface area contributed by atoms with E-state index in [2.05, 4.69) is 10.3 Å². The summed E-state index contributed by atoms with van der Waals surface area (Å²) in [5.74, 6) is 0.338. The first-order valence-electron chi connectivity index (χ1n) is 8.98. The third-order valence-corrected chi connectivity index (χ3v) is 5.66. The lowest BCUT2D eigenvalue weighted by atomic mass is 10.0. The highest BCUT2D eigenvalue weighted by molar-refractivity contribution is 7.15. The van der Waals surface area contributed by atoms with Gasteiger partial charge in [0.05, 0.1) is 13.2 Å². The van der Waals surface area contributed by atoms with Crippen molar-refractivity contribution in [2.75, 3.05) is 6.79 Å². The molecule has 0 bridgehead atoms. The fourth-order valence-corrected chi connectivity index (χ4v) is 4.00. The quantitative estimate of drug-likeness (QED) is 0.636. The van der Waals surface area contributed by atoms with Crippen LogP contribution in [0, 0.1) is 5.95 Å². The molecule has 28 heavy (non-hydrogen) atoms. The Morgan fingerprint density at radius 3 is 3.00 bits per heavy atom. The van der Waals surface area contributed by atoms with Crippen LogP contribution in [0.2, 0.25) is 0 Å².